The molecule has 0 saturated carbocycles. The van der Waals surface area contributed by atoms with Gasteiger partial charge in [0.2, 0.25) is 0 Å². The Kier molecular flexibility index (Phi) is 5.63. The molecule has 0 radical (unpaired) electrons. The number of anilines is 1. The summed E-state index contributed by atoms with van der Waals surface area (Å²) in [6.45, 7) is 6.23. The highest BCUT2D eigenvalue weighted by Gasteiger charge is 2.10. The number of para-hydroxylation sites is 2. The van der Waals surface area contributed by atoms with E-state index in [1.807, 2.05) is 20.8 Å². The van der Waals surface area contributed by atoms with Gasteiger partial charge in [0.25, 0.3) is 0 Å². The quantitative estimate of drug-likeness (QED) is 0.485. The Bertz CT molecular complexity index is 412. The maximum atomic E-state index is 11.4. The van der Waals surface area contributed by atoms with Crippen LogP contribution in [0, 0.1) is 0 Å². The summed E-state index contributed by atoms with van der Waals surface area (Å²) in [5.41, 5.74) is 5.94. The molecule has 0 aromatic heterocycles. The number of carbonyl (C=O) groups excluding carboxylic acids is 1. The number of nitrogens with two attached hydrogens (primary N) is 1. The molecule has 0 aliphatic carbocycles. The van der Waals surface area contributed by atoms with Crippen molar-refractivity contribution in [1.29, 1.82) is 0 Å². The molecule has 0 spiro atoms. The Balaban J connectivity index is 2.20. The number of nitrogen functional groups attached to an aromatic ring is 1. The number of ether oxygens (including phenoxy) is 3. The Labute approximate surface area is 113 Å². The smallest absolute Gasteiger partial charge is 0.344 e. The summed E-state index contributed by atoms with van der Waals surface area (Å²) < 4.78 is 15.6. The Morgan fingerprint density at radius 2 is 1.89 bits per heavy atom. The van der Waals surface area contributed by atoms with E-state index >= 15 is 0 Å². The number of rotatable bonds is 6. The SMILES string of the molecule is CC(C)(C)OCCOC(=O)COc1ccccc1N. The van der Waals surface area contributed by atoms with E-state index in [1.165, 1.54) is 0 Å². The van der Waals surface area contributed by atoms with Crippen LogP contribution in [0.25, 0.3) is 0 Å². The first kappa shape index (κ1) is 15.3. The van der Waals surface area contributed by atoms with Crippen molar-refractivity contribution in [3.63, 3.8) is 0 Å². The van der Waals surface area contributed by atoms with Crippen LogP contribution in [0.15, 0.2) is 24.3 Å². The second kappa shape index (κ2) is 6.99. The van der Waals surface area contributed by atoms with E-state index in [9.17, 15) is 4.79 Å². The monoisotopic (exact) mass is 267 g/mol. The van der Waals surface area contributed by atoms with Gasteiger partial charge in [-0.2, -0.15) is 0 Å². The lowest BCUT2D eigenvalue weighted by Crippen LogP contribution is -2.24. The molecule has 5 heteroatoms. The van der Waals surface area contributed by atoms with Crippen LogP contribution in [0.1, 0.15) is 20.8 Å². The second-order valence-electron chi connectivity index (χ2n) is 5.01. The Morgan fingerprint density at radius 3 is 2.53 bits per heavy atom. The summed E-state index contributed by atoms with van der Waals surface area (Å²) in [6.07, 6.45) is 0. The minimum absolute atomic E-state index is 0.163. The first-order valence-corrected chi connectivity index (χ1v) is 6.15. The van der Waals surface area contributed by atoms with Gasteiger partial charge in [0.05, 0.1) is 17.9 Å². The molecule has 0 aliphatic heterocycles. The average Bonchev–Trinajstić information content (AvgIpc) is 2.32. The summed E-state index contributed by atoms with van der Waals surface area (Å²) in [5.74, 6) is 0.0335. The molecule has 0 heterocycles. The van der Waals surface area contributed by atoms with Crippen LogP contribution in [-0.2, 0) is 14.3 Å². The molecule has 19 heavy (non-hydrogen) atoms. The highest BCUT2D eigenvalue weighted by molar-refractivity contribution is 5.71. The molecule has 0 fully saturated rings. The van der Waals surface area contributed by atoms with Crippen LogP contribution in [0.2, 0.25) is 0 Å². The van der Waals surface area contributed by atoms with Crippen molar-refractivity contribution in [1.82, 2.24) is 0 Å². The Hall–Kier alpha value is -1.75. The predicted octanol–water partition coefficient (Wildman–Crippen LogP) is 2.01. The zero-order chi connectivity index (χ0) is 14.3. The molecular weight excluding hydrogens is 246 g/mol. The molecule has 106 valence electrons. The van der Waals surface area contributed by atoms with Crippen LogP contribution >= 0.6 is 0 Å². The first-order valence-electron chi connectivity index (χ1n) is 6.15. The van der Waals surface area contributed by atoms with Gasteiger partial charge in [-0.15, -0.1) is 0 Å². The minimum Gasteiger partial charge on any atom is -0.480 e. The zero-order valence-electron chi connectivity index (χ0n) is 11.6. The van der Waals surface area contributed by atoms with Gasteiger partial charge in [-0.25, -0.2) is 4.79 Å². The van der Waals surface area contributed by atoms with Crippen molar-refractivity contribution in [3.8, 4) is 5.75 Å². The lowest BCUT2D eigenvalue weighted by molar-refractivity contribution is -0.149. The lowest BCUT2D eigenvalue weighted by Gasteiger charge is -2.19. The third kappa shape index (κ3) is 6.67. The highest BCUT2D eigenvalue weighted by Crippen LogP contribution is 2.19. The molecule has 5 nitrogen and oxygen atoms in total. The second-order valence-corrected chi connectivity index (χ2v) is 5.01. The molecule has 0 bridgehead atoms. The summed E-state index contributed by atoms with van der Waals surface area (Å²) in [5, 5.41) is 0. The lowest BCUT2D eigenvalue weighted by atomic mass is 10.2. The summed E-state index contributed by atoms with van der Waals surface area (Å²) >= 11 is 0. The topological polar surface area (TPSA) is 70.8 Å². The van der Waals surface area contributed by atoms with E-state index in [1.54, 1.807) is 24.3 Å². The summed E-state index contributed by atoms with van der Waals surface area (Å²) in [4.78, 5) is 11.4. The number of hydrogen-bond donors (Lipinski definition) is 1. The maximum Gasteiger partial charge on any atom is 0.344 e. The molecule has 1 aromatic carbocycles. The van der Waals surface area contributed by atoms with Crippen LogP contribution < -0.4 is 10.5 Å². The molecule has 0 atom stereocenters. The molecule has 1 aromatic rings. The van der Waals surface area contributed by atoms with Gasteiger partial charge >= 0.3 is 5.97 Å². The number of benzene rings is 1. The van der Waals surface area contributed by atoms with Crippen molar-refractivity contribution in [3.05, 3.63) is 24.3 Å². The fourth-order valence-corrected chi connectivity index (χ4v) is 1.29. The highest BCUT2D eigenvalue weighted by atomic mass is 16.6. The fourth-order valence-electron chi connectivity index (χ4n) is 1.29. The van der Waals surface area contributed by atoms with Gasteiger partial charge in [-0.1, -0.05) is 12.1 Å². The zero-order valence-corrected chi connectivity index (χ0v) is 11.6. The van der Waals surface area contributed by atoms with Crippen molar-refractivity contribution >= 4 is 11.7 Å². The standard InChI is InChI=1S/C14H21NO4/c1-14(2,3)19-9-8-17-13(16)10-18-12-7-5-4-6-11(12)15/h4-7H,8-10,15H2,1-3H3. The van der Waals surface area contributed by atoms with Crippen molar-refractivity contribution in [2.75, 3.05) is 25.6 Å². The molecule has 1 rings (SSSR count). The third-order valence-electron chi connectivity index (χ3n) is 2.15. The van der Waals surface area contributed by atoms with E-state index in [-0.39, 0.29) is 18.8 Å². The normalized spacial score (nSPS) is 11.1. The molecule has 0 aliphatic rings. The van der Waals surface area contributed by atoms with E-state index in [2.05, 4.69) is 0 Å². The van der Waals surface area contributed by atoms with Crippen LogP contribution in [0.4, 0.5) is 5.69 Å². The first-order chi connectivity index (χ1) is 8.88. The summed E-state index contributed by atoms with van der Waals surface area (Å²) in [7, 11) is 0. The third-order valence-corrected chi connectivity index (χ3v) is 2.15. The van der Waals surface area contributed by atoms with Gasteiger partial charge < -0.3 is 19.9 Å². The van der Waals surface area contributed by atoms with Crippen LogP contribution in [-0.4, -0.2) is 31.4 Å². The van der Waals surface area contributed by atoms with E-state index in [4.69, 9.17) is 19.9 Å². The van der Waals surface area contributed by atoms with Gasteiger partial charge in [0, 0.05) is 0 Å². The molecule has 0 saturated heterocycles. The van der Waals surface area contributed by atoms with Crippen molar-refractivity contribution in [2.45, 2.75) is 26.4 Å². The Morgan fingerprint density at radius 1 is 1.21 bits per heavy atom. The number of carbonyl (C=O) groups is 1. The van der Waals surface area contributed by atoms with Crippen LogP contribution in [0.5, 0.6) is 5.75 Å². The molecule has 2 N–H and O–H groups in total. The molecule has 0 unspecified atom stereocenters. The van der Waals surface area contributed by atoms with E-state index < -0.39 is 5.97 Å². The van der Waals surface area contributed by atoms with Gasteiger partial charge in [-0.3, -0.25) is 0 Å². The predicted molar refractivity (Wildman–Crippen MR) is 73.0 cm³/mol. The van der Waals surface area contributed by atoms with Crippen LogP contribution in [0.3, 0.4) is 0 Å². The molecular formula is C14H21NO4. The minimum atomic E-state index is -0.444. The van der Waals surface area contributed by atoms with Gasteiger partial charge in [0.1, 0.15) is 12.4 Å². The van der Waals surface area contributed by atoms with Crippen molar-refractivity contribution < 1.29 is 19.0 Å². The maximum absolute atomic E-state index is 11.4. The summed E-state index contributed by atoms with van der Waals surface area (Å²) in [6, 6.07) is 6.99. The van der Waals surface area contributed by atoms with E-state index in [0.29, 0.717) is 18.0 Å². The number of esters is 1. The largest absolute Gasteiger partial charge is 0.480 e. The van der Waals surface area contributed by atoms with Gasteiger partial charge in [0.15, 0.2) is 6.61 Å². The molecule has 0 amide bonds. The van der Waals surface area contributed by atoms with Gasteiger partial charge in [-0.05, 0) is 32.9 Å². The fraction of sp³-hybridized carbons (Fsp3) is 0.500. The van der Waals surface area contributed by atoms with Crippen molar-refractivity contribution in [2.24, 2.45) is 0 Å². The van der Waals surface area contributed by atoms with E-state index in [0.717, 1.165) is 0 Å². The average molecular weight is 267 g/mol. The number of hydrogen-bond acceptors (Lipinski definition) is 5.